The van der Waals surface area contributed by atoms with Crippen LogP contribution < -0.4 is 10.9 Å². The zero-order valence-electron chi connectivity index (χ0n) is 12.1. The average molecular weight is 313 g/mol. The first-order valence-corrected chi connectivity index (χ1v) is 6.82. The second-order valence-corrected chi connectivity index (χ2v) is 4.87. The van der Waals surface area contributed by atoms with Gasteiger partial charge in [-0.2, -0.15) is 5.10 Å². The number of nitrogens with one attached hydrogen (secondary N) is 1. The first-order valence-electron chi connectivity index (χ1n) is 6.44. The Balaban J connectivity index is 2.10. The van der Waals surface area contributed by atoms with Gasteiger partial charge in [0, 0.05) is 7.11 Å². The molecule has 0 amide bonds. The summed E-state index contributed by atoms with van der Waals surface area (Å²) in [6.07, 6.45) is 1.50. The van der Waals surface area contributed by atoms with Crippen LogP contribution in [0.5, 0.6) is 0 Å². The summed E-state index contributed by atoms with van der Waals surface area (Å²) in [6.45, 7) is 4.79. The number of anilines is 1. The van der Waals surface area contributed by atoms with Crippen molar-refractivity contribution >= 4 is 17.3 Å². The van der Waals surface area contributed by atoms with E-state index in [1.807, 2.05) is 13.8 Å². The van der Waals surface area contributed by atoms with Crippen LogP contribution in [0.15, 0.2) is 15.4 Å². The smallest absolute Gasteiger partial charge is 0.287 e. The van der Waals surface area contributed by atoms with E-state index in [0.29, 0.717) is 31.3 Å². The van der Waals surface area contributed by atoms with Gasteiger partial charge in [-0.1, -0.05) is 11.6 Å². The Morgan fingerprint density at radius 2 is 2.24 bits per heavy atom. The topological polar surface area (TPSA) is 82.2 Å². The molecule has 1 N–H and O–H groups in total. The predicted molar refractivity (Wildman–Crippen MR) is 78.7 cm³/mol. The number of rotatable bonds is 6. The molecule has 0 saturated heterocycles. The summed E-state index contributed by atoms with van der Waals surface area (Å²) in [5.74, 6) is 1.30. The van der Waals surface area contributed by atoms with E-state index in [4.69, 9.17) is 20.8 Å². The second-order valence-electron chi connectivity index (χ2n) is 4.50. The molecule has 0 aliphatic rings. The fourth-order valence-corrected chi connectivity index (χ4v) is 1.92. The zero-order valence-corrected chi connectivity index (χ0v) is 12.9. The number of hydrogen-bond donors (Lipinski definition) is 1. The van der Waals surface area contributed by atoms with Crippen LogP contribution in [0.25, 0.3) is 0 Å². The minimum absolute atomic E-state index is 0.0844. The lowest BCUT2D eigenvalue weighted by atomic mass is 10.4. The number of aryl methyl sites for hydroxylation is 2. The second kappa shape index (κ2) is 6.73. The zero-order chi connectivity index (χ0) is 15.4. The van der Waals surface area contributed by atoms with Gasteiger partial charge in [-0.05, 0) is 13.8 Å². The molecule has 2 aromatic rings. The minimum atomic E-state index is -0.363. The molecule has 2 aromatic heterocycles. The van der Waals surface area contributed by atoms with Crippen LogP contribution in [0.3, 0.4) is 0 Å². The van der Waals surface area contributed by atoms with E-state index in [2.05, 4.69) is 15.4 Å². The molecule has 8 heteroatoms. The average Bonchev–Trinajstić information content (AvgIpc) is 2.78. The highest BCUT2D eigenvalue weighted by molar-refractivity contribution is 6.32. The van der Waals surface area contributed by atoms with Gasteiger partial charge in [0.1, 0.15) is 10.8 Å². The molecule has 0 unspecified atom stereocenters. The van der Waals surface area contributed by atoms with Crippen molar-refractivity contribution in [1.29, 1.82) is 0 Å². The molecule has 2 rings (SSSR count). The van der Waals surface area contributed by atoms with Crippen molar-refractivity contribution in [1.82, 2.24) is 14.8 Å². The number of halogens is 1. The van der Waals surface area contributed by atoms with Gasteiger partial charge >= 0.3 is 0 Å². The molecule has 21 heavy (non-hydrogen) atoms. The van der Waals surface area contributed by atoms with Crippen LogP contribution in [0, 0.1) is 13.8 Å². The number of hydrogen-bond acceptors (Lipinski definition) is 6. The lowest BCUT2D eigenvalue weighted by Gasteiger charge is -2.08. The molecule has 0 radical (unpaired) electrons. The Bertz CT molecular complexity index is 661. The summed E-state index contributed by atoms with van der Waals surface area (Å²) in [7, 11) is 1.56. The monoisotopic (exact) mass is 312 g/mol. The Morgan fingerprint density at radius 3 is 2.86 bits per heavy atom. The van der Waals surface area contributed by atoms with E-state index in [9.17, 15) is 4.79 Å². The summed E-state index contributed by atoms with van der Waals surface area (Å²) in [6, 6.07) is 0. The Kier molecular flexibility index (Phi) is 4.98. The lowest BCUT2D eigenvalue weighted by Crippen LogP contribution is -2.26. The van der Waals surface area contributed by atoms with Gasteiger partial charge in [-0.3, -0.25) is 4.79 Å². The van der Waals surface area contributed by atoms with Crippen LogP contribution in [-0.2, 0) is 17.8 Å². The predicted octanol–water partition coefficient (Wildman–Crippen LogP) is 1.76. The standard InChI is InChI=1S/C13H17ClN4O3/c1-8-9(2)21-11(17-8)7-15-10-6-16-18(4-5-20-3)13(19)12(10)14/h6,15H,4-5,7H2,1-3H3. The maximum Gasteiger partial charge on any atom is 0.287 e. The maximum atomic E-state index is 12.0. The molecule has 0 aromatic carbocycles. The number of oxazole rings is 1. The molecule has 0 saturated carbocycles. The molecule has 2 heterocycles. The third kappa shape index (κ3) is 3.62. The molecule has 0 fully saturated rings. The quantitative estimate of drug-likeness (QED) is 0.875. The van der Waals surface area contributed by atoms with E-state index in [1.165, 1.54) is 10.9 Å². The van der Waals surface area contributed by atoms with Gasteiger partial charge < -0.3 is 14.5 Å². The van der Waals surface area contributed by atoms with Gasteiger partial charge in [0.05, 0.1) is 37.3 Å². The summed E-state index contributed by atoms with van der Waals surface area (Å²) >= 11 is 6.05. The Hall–Kier alpha value is -1.86. The van der Waals surface area contributed by atoms with Crippen molar-refractivity contribution in [3.05, 3.63) is 38.9 Å². The lowest BCUT2D eigenvalue weighted by molar-refractivity contribution is 0.182. The van der Waals surface area contributed by atoms with Gasteiger partial charge in [-0.25, -0.2) is 9.67 Å². The number of nitrogens with zero attached hydrogens (tertiary/aromatic N) is 3. The Labute approximate surface area is 126 Å². The number of ether oxygens (including phenoxy) is 1. The van der Waals surface area contributed by atoms with Crippen LogP contribution in [0.2, 0.25) is 5.02 Å². The van der Waals surface area contributed by atoms with Gasteiger partial charge in [0.15, 0.2) is 0 Å². The normalized spacial score (nSPS) is 10.9. The van der Waals surface area contributed by atoms with Gasteiger partial charge in [0.25, 0.3) is 5.56 Å². The maximum absolute atomic E-state index is 12.0. The van der Waals surface area contributed by atoms with Crippen molar-refractivity contribution in [2.45, 2.75) is 26.9 Å². The van der Waals surface area contributed by atoms with E-state index in [1.54, 1.807) is 7.11 Å². The van der Waals surface area contributed by atoms with Crippen LogP contribution in [0.4, 0.5) is 5.69 Å². The highest BCUT2D eigenvalue weighted by atomic mass is 35.5. The van der Waals surface area contributed by atoms with Gasteiger partial charge in [0.2, 0.25) is 5.89 Å². The summed E-state index contributed by atoms with van der Waals surface area (Å²) in [5, 5.41) is 7.12. The number of methoxy groups -OCH3 is 1. The first-order chi connectivity index (χ1) is 10.0. The van der Waals surface area contributed by atoms with Crippen molar-refractivity contribution in [2.24, 2.45) is 0 Å². The number of aromatic nitrogens is 3. The van der Waals surface area contributed by atoms with Crippen molar-refractivity contribution in [3.63, 3.8) is 0 Å². The van der Waals surface area contributed by atoms with Crippen molar-refractivity contribution in [3.8, 4) is 0 Å². The van der Waals surface area contributed by atoms with E-state index in [-0.39, 0.29) is 10.6 Å². The molecular formula is C13H17ClN4O3. The highest BCUT2D eigenvalue weighted by Gasteiger charge is 2.11. The minimum Gasteiger partial charge on any atom is -0.444 e. The third-order valence-electron chi connectivity index (χ3n) is 2.99. The first kappa shape index (κ1) is 15.5. The van der Waals surface area contributed by atoms with Crippen molar-refractivity contribution < 1.29 is 9.15 Å². The SMILES string of the molecule is COCCn1ncc(NCc2nc(C)c(C)o2)c(Cl)c1=O. The molecule has 0 aliphatic carbocycles. The molecule has 0 aliphatic heterocycles. The Morgan fingerprint density at radius 1 is 1.48 bits per heavy atom. The van der Waals surface area contributed by atoms with Gasteiger partial charge in [-0.15, -0.1) is 0 Å². The van der Waals surface area contributed by atoms with E-state index in [0.717, 1.165) is 11.5 Å². The molecule has 0 bridgehead atoms. The highest BCUT2D eigenvalue weighted by Crippen LogP contribution is 2.17. The van der Waals surface area contributed by atoms with Crippen LogP contribution >= 0.6 is 11.6 Å². The van der Waals surface area contributed by atoms with Crippen LogP contribution in [0.1, 0.15) is 17.3 Å². The van der Waals surface area contributed by atoms with Crippen molar-refractivity contribution in [2.75, 3.05) is 19.0 Å². The fourth-order valence-electron chi connectivity index (χ4n) is 1.71. The third-order valence-corrected chi connectivity index (χ3v) is 3.36. The van der Waals surface area contributed by atoms with E-state index >= 15 is 0 Å². The molecule has 0 spiro atoms. The summed E-state index contributed by atoms with van der Waals surface area (Å²) in [5.41, 5.74) is 0.924. The largest absolute Gasteiger partial charge is 0.444 e. The summed E-state index contributed by atoms with van der Waals surface area (Å²) < 4.78 is 11.6. The molecule has 0 atom stereocenters. The fraction of sp³-hybridized carbons (Fsp3) is 0.462. The molecule has 114 valence electrons. The summed E-state index contributed by atoms with van der Waals surface area (Å²) in [4.78, 5) is 16.2. The van der Waals surface area contributed by atoms with Crippen LogP contribution in [-0.4, -0.2) is 28.5 Å². The van der Waals surface area contributed by atoms with E-state index < -0.39 is 0 Å². The molecular weight excluding hydrogens is 296 g/mol. The molecule has 7 nitrogen and oxygen atoms in total.